The number of aromatic nitrogens is 3. The molecule has 0 aliphatic heterocycles. The Morgan fingerprint density at radius 3 is 2.82 bits per heavy atom. The van der Waals surface area contributed by atoms with E-state index in [2.05, 4.69) is 20.5 Å². The van der Waals surface area contributed by atoms with Crippen LogP contribution < -0.4 is 11.1 Å². The quantitative estimate of drug-likeness (QED) is 0.801. The van der Waals surface area contributed by atoms with Crippen LogP contribution in [-0.4, -0.2) is 21.1 Å². The third kappa shape index (κ3) is 2.54. The number of hydrogen-bond acceptors (Lipinski definition) is 5. The number of carbonyl (C=O) groups is 1. The normalized spacial score (nSPS) is 9.94. The van der Waals surface area contributed by atoms with Gasteiger partial charge in [-0.15, -0.1) is 0 Å². The van der Waals surface area contributed by atoms with Gasteiger partial charge >= 0.3 is 0 Å². The Morgan fingerprint density at radius 2 is 2.18 bits per heavy atom. The summed E-state index contributed by atoms with van der Waals surface area (Å²) in [5, 5.41) is 9.88. The molecule has 0 aliphatic rings. The number of aryl methyl sites for hydroxylation is 1. The fraction of sp³-hybridized carbons (Fsp3) is 0.0909. The van der Waals surface area contributed by atoms with E-state index in [-0.39, 0.29) is 5.91 Å². The summed E-state index contributed by atoms with van der Waals surface area (Å²) in [5.41, 5.74) is 7.52. The van der Waals surface area contributed by atoms with E-state index in [4.69, 9.17) is 5.73 Å². The van der Waals surface area contributed by atoms with Crippen LogP contribution in [0.25, 0.3) is 0 Å². The minimum absolute atomic E-state index is 0.281. The molecule has 0 saturated carbocycles. The van der Waals surface area contributed by atoms with Crippen molar-refractivity contribution in [3.63, 3.8) is 0 Å². The van der Waals surface area contributed by atoms with E-state index in [1.54, 1.807) is 12.1 Å². The van der Waals surface area contributed by atoms with Gasteiger partial charge < -0.3 is 11.1 Å². The van der Waals surface area contributed by atoms with Crippen LogP contribution in [0.3, 0.4) is 0 Å². The number of rotatable bonds is 2. The van der Waals surface area contributed by atoms with E-state index in [9.17, 15) is 4.79 Å². The molecule has 2 aromatic heterocycles. The first-order valence-corrected chi connectivity index (χ1v) is 4.97. The molecule has 0 radical (unpaired) electrons. The van der Waals surface area contributed by atoms with Gasteiger partial charge in [-0.05, 0) is 24.6 Å². The molecule has 0 unspecified atom stereocenters. The number of nitrogen functional groups attached to an aromatic ring is 1. The van der Waals surface area contributed by atoms with Crippen LogP contribution in [0.5, 0.6) is 0 Å². The first-order valence-electron chi connectivity index (χ1n) is 4.97. The zero-order valence-corrected chi connectivity index (χ0v) is 9.21. The molecule has 0 spiro atoms. The van der Waals surface area contributed by atoms with Gasteiger partial charge in [0, 0.05) is 0 Å². The molecule has 6 nitrogen and oxygen atoms in total. The largest absolute Gasteiger partial charge is 0.397 e. The lowest BCUT2D eigenvalue weighted by Crippen LogP contribution is -2.13. The highest BCUT2D eigenvalue weighted by Crippen LogP contribution is 2.13. The zero-order chi connectivity index (χ0) is 12.3. The first-order chi connectivity index (χ1) is 8.16. The summed E-state index contributed by atoms with van der Waals surface area (Å²) in [7, 11) is 0. The molecule has 2 aromatic rings. The lowest BCUT2D eigenvalue weighted by molar-refractivity contribution is 0.102. The SMILES string of the molecule is Cc1cc(NC(=O)c2ccnnc2)ncc1N. The van der Waals surface area contributed by atoms with E-state index in [0.29, 0.717) is 17.1 Å². The maximum atomic E-state index is 11.8. The molecule has 0 atom stereocenters. The van der Waals surface area contributed by atoms with Gasteiger partial charge in [-0.25, -0.2) is 4.98 Å². The number of amides is 1. The number of nitrogens with two attached hydrogens (primary N) is 1. The van der Waals surface area contributed by atoms with E-state index < -0.39 is 0 Å². The second-order valence-electron chi connectivity index (χ2n) is 3.51. The molecule has 0 aromatic carbocycles. The highest BCUT2D eigenvalue weighted by Gasteiger charge is 2.07. The number of nitrogens with zero attached hydrogens (tertiary/aromatic N) is 3. The van der Waals surface area contributed by atoms with Gasteiger partial charge in [0.2, 0.25) is 0 Å². The van der Waals surface area contributed by atoms with Crippen molar-refractivity contribution in [2.45, 2.75) is 6.92 Å². The highest BCUT2D eigenvalue weighted by atomic mass is 16.1. The topological polar surface area (TPSA) is 93.8 Å². The van der Waals surface area contributed by atoms with E-state index in [1.807, 2.05) is 6.92 Å². The first kappa shape index (κ1) is 11.0. The number of nitrogens with one attached hydrogen (secondary N) is 1. The summed E-state index contributed by atoms with van der Waals surface area (Å²) in [6.45, 7) is 1.85. The van der Waals surface area contributed by atoms with Crippen molar-refractivity contribution >= 4 is 17.4 Å². The Kier molecular flexibility index (Phi) is 2.95. The van der Waals surface area contributed by atoms with Crippen LogP contribution >= 0.6 is 0 Å². The minimum Gasteiger partial charge on any atom is -0.397 e. The molecular weight excluding hydrogens is 218 g/mol. The minimum atomic E-state index is -0.281. The fourth-order valence-electron chi connectivity index (χ4n) is 1.25. The zero-order valence-electron chi connectivity index (χ0n) is 9.21. The molecular formula is C11H11N5O. The fourth-order valence-corrected chi connectivity index (χ4v) is 1.25. The van der Waals surface area contributed by atoms with E-state index >= 15 is 0 Å². The molecule has 0 fully saturated rings. The number of hydrogen-bond donors (Lipinski definition) is 2. The van der Waals surface area contributed by atoms with Crippen LogP contribution in [0.1, 0.15) is 15.9 Å². The molecule has 2 heterocycles. The molecule has 6 heteroatoms. The summed E-state index contributed by atoms with van der Waals surface area (Å²) in [6, 6.07) is 3.29. The van der Waals surface area contributed by atoms with Gasteiger partial charge in [0.05, 0.1) is 29.8 Å². The van der Waals surface area contributed by atoms with E-state index in [1.165, 1.54) is 18.6 Å². The Morgan fingerprint density at radius 1 is 1.35 bits per heavy atom. The smallest absolute Gasteiger partial charge is 0.258 e. The van der Waals surface area contributed by atoms with Gasteiger partial charge in [0.15, 0.2) is 0 Å². The third-order valence-corrected chi connectivity index (χ3v) is 2.24. The van der Waals surface area contributed by atoms with Gasteiger partial charge in [-0.2, -0.15) is 10.2 Å². The van der Waals surface area contributed by atoms with Gasteiger partial charge in [0.25, 0.3) is 5.91 Å². The number of anilines is 2. The molecule has 2 rings (SSSR count). The summed E-state index contributed by atoms with van der Waals surface area (Å²) in [4.78, 5) is 15.8. The van der Waals surface area contributed by atoms with Crippen molar-refractivity contribution in [1.29, 1.82) is 0 Å². The molecule has 86 valence electrons. The predicted octanol–water partition coefficient (Wildman–Crippen LogP) is 1.01. The van der Waals surface area contributed by atoms with Crippen molar-refractivity contribution in [1.82, 2.24) is 15.2 Å². The third-order valence-electron chi connectivity index (χ3n) is 2.24. The Balaban J connectivity index is 2.16. The second kappa shape index (κ2) is 4.56. The van der Waals surface area contributed by atoms with Crippen molar-refractivity contribution in [2.24, 2.45) is 0 Å². The molecule has 0 aliphatic carbocycles. The maximum absolute atomic E-state index is 11.8. The van der Waals surface area contributed by atoms with Crippen LogP contribution in [-0.2, 0) is 0 Å². The Hall–Kier alpha value is -2.50. The molecule has 0 saturated heterocycles. The standard InChI is InChI=1S/C11H11N5O/c1-7-4-10(13-6-9(7)12)16-11(17)8-2-3-14-15-5-8/h2-6H,12H2,1H3,(H,13,16,17). The van der Waals surface area contributed by atoms with Crippen molar-refractivity contribution < 1.29 is 4.79 Å². The molecule has 3 N–H and O–H groups in total. The predicted molar refractivity (Wildman–Crippen MR) is 63.4 cm³/mol. The van der Waals surface area contributed by atoms with Crippen LogP contribution in [0.2, 0.25) is 0 Å². The second-order valence-corrected chi connectivity index (χ2v) is 3.51. The average Bonchev–Trinajstić information content (AvgIpc) is 2.35. The van der Waals surface area contributed by atoms with Crippen LogP contribution in [0.15, 0.2) is 30.7 Å². The van der Waals surface area contributed by atoms with Crippen LogP contribution in [0, 0.1) is 6.92 Å². The summed E-state index contributed by atoms with van der Waals surface area (Å²) < 4.78 is 0. The summed E-state index contributed by atoms with van der Waals surface area (Å²) in [6.07, 6.45) is 4.35. The number of carbonyl (C=O) groups excluding carboxylic acids is 1. The van der Waals surface area contributed by atoms with E-state index in [0.717, 1.165) is 5.56 Å². The molecule has 0 bridgehead atoms. The van der Waals surface area contributed by atoms with Crippen molar-refractivity contribution in [3.8, 4) is 0 Å². The maximum Gasteiger partial charge on any atom is 0.258 e. The average molecular weight is 229 g/mol. The molecule has 1 amide bonds. The highest BCUT2D eigenvalue weighted by molar-refractivity contribution is 6.03. The van der Waals surface area contributed by atoms with Gasteiger partial charge in [0.1, 0.15) is 5.82 Å². The lowest BCUT2D eigenvalue weighted by Gasteiger charge is -2.05. The van der Waals surface area contributed by atoms with Crippen LogP contribution in [0.4, 0.5) is 11.5 Å². The van der Waals surface area contributed by atoms with Crippen molar-refractivity contribution in [3.05, 3.63) is 41.9 Å². The monoisotopic (exact) mass is 229 g/mol. The van der Waals surface area contributed by atoms with Crippen molar-refractivity contribution in [2.75, 3.05) is 11.1 Å². The van der Waals surface area contributed by atoms with Gasteiger partial charge in [-0.3, -0.25) is 4.79 Å². The Labute approximate surface area is 97.9 Å². The Bertz CT molecular complexity index is 541. The molecule has 17 heavy (non-hydrogen) atoms. The van der Waals surface area contributed by atoms with Gasteiger partial charge in [-0.1, -0.05) is 0 Å². The number of pyridine rings is 1. The summed E-state index contributed by atoms with van der Waals surface area (Å²) >= 11 is 0. The lowest BCUT2D eigenvalue weighted by atomic mass is 10.2. The summed E-state index contributed by atoms with van der Waals surface area (Å²) in [5.74, 6) is 0.176.